The molecule has 7 heteroatoms. The van der Waals surface area contributed by atoms with Gasteiger partial charge in [0.25, 0.3) is 0 Å². The number of hydrogen-bond acceptors (Lipinski definition) is 4. The minimum atomic E-state index is -0.963. The van der Waals surface area contributed by atoms with Gasteiger partial charge in [0.2, 0.25) is 11.8 Å². The molecule has 2 unspecified atom stereocenters. The predicted molar refractivity (Wildman–Crippen MR) is 91.1 cm³/mol. The van der Waals surface area contributed by atoms with Crippen LogP contribution in [0.4, 0.5) is 5.69 Å². The molecule has 2 fully saturated rings. The second kappa shape index (κ2) is 6.84. The quantitative estimate of drug-likeness (QED) is 0.840. The number of anilines is 1. The van der Waals surface area contributed by atoms with Crippen LogP contribution in [0.3, 0.4) is 0 Å². The van der Waals surface area contributed by atoms with E-state index in [1.54, 1.807) is 16.7 Å². The van der Waals surface area contributed by atoms with E-state index in [1.165, 1.54) is 4.90 Å². The van der Waals surface area contributed by atoms with Crippen LogP contribution >= 0.6 is 11.8 Å². The maximum atomic E-state index is 12.7. The van der Waals surface area contributed by atoms with Gasteiger partial charge in [-0.05, 0) is 43.4 Å². The molecule has 2 amide bonds. The van der Waals surface area contributed by atoms with Crippen LogP contribution in [0.1, 0.15) is 19.3 Å². The number of carbonyl (C=O) groups excluding carboxylic acids is 2. The lowest BCUT2D eigenvalue weighted by Gasteiger charge is -2.24. The first-order chi connectivity index (χ1) is 11.5. The Labute approximate surface area is 144 Å². The average molecular weight is 348 g/mol. The number of benzene rings is 1. The van der Waals surface area contributed by atoms with Crippen molar-refractivity contribution in [3.8, 4) is 0 Å². The lowest BCUT2D eigenvalue weighted by Crippen LogP contribution is -2.44. The highest BCUT2D eigenvalue weighted by atomic mass is 32.2. The van der Waals surface area contributed by atoms with Crippen LogP contribution in [0.15, 0.2) is 29.2 Å². The summed E-state index contributed by atoms with van der Waals surface area (Å²) >= 11 is 1.63. The summed E-state index contributed by atoms with van der Waals surface area (Å²) in [4.78, 5) is 40.4. The fraction of sp³-hybridized carbons (Fsp3) is 0.471. The fourth-order valence-corrected chi connectivity index (χ4v) is 3.81. The minimum Gasteiger partial charge on any atom is -0.480 e. The van der Waals surface area contributed by atoms with E-state index in [9.17, 15) is 19.5 Å². The maximum absolute atomic E-state index is 12.7. The summed E-state index contributed by atoms with van der Waals surface area (Å²) in [6.45, 7) is 0.780. The van der Waals surface area contributed by atoms with Crippen molar-refractivity contribution in [2.45, 2.75) is 30.2 Å². The monoisotopic (exact) mass is 348 g/mol. The second-order valence-electron chi connectivity index (χ2n) is 6.13. The van der Waals surface area contributed by atoms with Gasteiger partial charge in [0.05, 0.1) is 5.92 Å². The minimum absolute atomic E-state index is 0.0867. The van der Waals surface area contributed by atoms with Crippen LogP contribution in [-0.2, 0) is 14.4 Å². The molecule has 1 aromatic rings. The van der Waals surface area contributed by atoms with Crippen LogP contribution in [0.5, 0.6) is 0 Å². The van der Waals surface area contributed by atoms with Crippen molar-refractivity contribution in [1.82, 2.24) is 4.90 Å². The molecule has 0 aliphatic carbocycles. The molecule has 0 aromatic heterocycles. The highest BCUT2D eigenvalue weighted by Crippen LogP contribution is 2.30. The van der Waals surface area contributed by atoms with Gasteiger partial charge in [-0.3, -0.25) is 9.59 Å². The number of likely N-dealkylation sites (tertiary alicyclic amines) is 1. The zero-order chi connectivity index (χ0) is 17.3. The number of thioether (sulfide) groups is 1. The van der Waals surface area contributed by atoms with E-state index in [2.05, 4.69) is 0 Å². The van der Waals surface area contributed by atoms with Crippen molar-refractivity contribution in [2.75, 3.05) is 24.2 Å². The number of amides is 2. The van der Waals surface area contributed by atoms with Crippen LogP contribution in [0.2, 0.25) is 0 Å². The molecule has 1 N–H and O–H groups in total. The predicted octanol–water partition coefficient (Wildman–Crippen LogP) is 1.84. The highest BCUT2D eigenvalue weighted by Gasteiger charge is 2.42. The molecule has 1 aromatic carbocycles. The van der Waals surface area contributed by atoms with E-state index >= 15 is 0 Å². The Hall–Kier alpha value is -2.02. The van der Waals surface area contributed by atoms with Crippen molar-refractivity contribution in [3.63, 3.8) is 0 Å². The molecule has 6 nitrogen and oxygen atoms in total. The van der Waals surface area contributed by atoms with Crippen LogP contribution < -0.4 is 4.90 Å². The summed E-state index contributed by atoms with van der Waals surface area (Å²) in [7, 11) is 0. The first kappa shape index (κ1) is 16.8. The molecular weight excluding hydrogens is 328 g/mol. The molecule has 2 heterocycles. The van der Waals surface area contributed by atoms with E-state index in [-0.39, 0.29) is 18.2 Å². The van der Waals surface area contributed by atoms with Crippen molar-refractivity contribution in [2.24, 2.45) is 5.92 Å². The van der Waals surface area contributed by atoms with Gasteiger partial charge in [-0.25, -0.2) is 4.79 Å². The molecule has 0 radical (unpaired) electrons. The molecular formula is C17H20N2O4S. The highest BCUT2D eigenvalue weighted by molar-refractivity contribution is 7.98. The maximum Gasteiger partial charge on any atom is 0.326 e. The molecule has 24 heavy (non-hydrogen) atoms. The summed E-state index contributed by atoms with van der Waals surface area (Å²) in [5, 5.41) is 9.23. The van der Waals surface area contributed by atoms with E-state index in [1.807, 2.05) is 30.5 Å². The largest absolute Gasteiger partial charge is 0.480 e. The van der Waals surface area contributed by atoms with Gasteiger partial charge in [-0.2, -0.15) is 0 Å². The lowest BCUT2D eigenvalue weighted by molar-refractivity contribution is -0.149. The molecule has 2 atom stereocenters. The average Bonchev–Trinajstić information content (AvgIpc) is 3.21. The van der Waals surface area contributed by atoms with Crippen LogP contribution in [0, 0.1) is 5.92 Å². The summed E-state index contributed by atoms with van der Waals surface area (Å²) in [5.74, 6) is -1.72. The number of nitrogens with zero attached hydrogens (tertiary/aromatic N) is 2. The summed E-state index contributed by atoms with van der Waals surface area (Å²) in [6.07, 6.45) is 3.32. The number of aliphatic carboxylic acids is 1. The number of carbonyl (C=O) groups is 3. The normalized spacial score (nSPS) is 23.8. The topological polar surface area (TPSA) is 77.9 Å². The van der Waals surface area contributed by atoms with Crippen LogP contribution in [0.25, 0.3) is 0 Å². The van der Waals surface area contributed by atoms with E-state index in [0.717, 1.165) is 10.6 Å². The van der Waals surface area contributed by atoms with Gasteiger partial charge in [-0.1, -0.05) is 0 Å². The second-order valence-corrected chi connectivity index (χ2v) is 7.01. The van der Waals surface area contributed by atoms with Gasteiger partial charge in [0.15, 0.2) is 0 Å². The summed E-state index contributed by atoms with van der Waals surface area (Å²) in [5.41, 5.74) is 0.782. The molecule has 0 spiro atoms. The SMILES string of the molecule is CSc1ccc(N2CC(C(=O)N3CCCC3C(=O)O)CC2=O)cc1. The third-order valence-corrected chi connectivity index (χ3v) is 5.42. The standard InChI is InChI=1S/C17H20N2O4S/c1-24-13-6-4-12(5-7-13)19-10-11(9-15(19)20)16(21)18-8-2-3-14(18)17(22)23/h4-7,11,14H,2-3,8-10H2,1H3,(H,22,23). The van der Waals surface area contributed by atoms with E-state index in [4.69, 9.17) is 0 Å². The van der Waals surface area contributed by atoms with Crippen molar-refractivity contribution >= 4 is 35.2 Å². The Balaban J connectivity index is 1.71. The Morgan fingerprint density at radius 1 is 1.25 bits per heavy atom. The Kier molecular flexibility index (Phi) is 4.80. The molecule has 0 saturated carbocycles. The zero-order valence-electron chi connectivity index (χ0n) is 13.5. The molecule has 3 rings (SSSR count). The number of hydrogen-bond donors (Lipinski definition) is 1. The number of carboxylic acids is 1. The molecule has 0 bridgehead atoms. The Morgan fingerprint density at radius 3 is 2.58 bits per heavy atom. The van der Waals surface area contributed by atoms with Gasteiger partial charge in [0, 0.05) is 30.1 Å². The first-order valence-corrected chi connectivity index (χ1v) is 9.21. The molecule has 2 saturated heterocycles. The molecule has 2 aliphatic heterocycles. The third kappa shape index (κ3) is 3.13. The van der Waals surface area contributed by atoms with Crippen molar-refractivity contribution < 1.29 is 19.5 Å². The number of rotatable bonds is 4. The van der Waals surface area contributed by atoms with E-state index in [0.29, 0.717) is 25.9 Å². The van der Waals surface area contributed by atoms with Crippen LogP contribution in [-0.4, -0.2) is 53.2 Å². The van der Waals surface area contributed by atoms with Gasteiger partial charge in [0.1, 0.15) is 6.04 Å². The van der Waals surface area contributed by atoms with Crippen molar-refractivity contribution in [3.05, 3.63) is 24.3 Å². The third-order valence-electron chi connectivity index (χ3n) is 4.68. The Bertz CT molecular complexity index is 661. The number of carboxylic acid groups (broad SMARTS) is 1. The Morgan fingerprint density at radius 2 is 1.96 bits per heavy atom. The fourth-order valence-electron chi connectivity index (χ4n) is 3.41. The lowest BCUT2D eigenvalue weighted by atomic mass is 10.1. The summed E-state index contributed by atoms with van der Waals surface area (Å²) in [6, 6.07) is 6.91. The molecule has 2 aliphatic rings. The first-order valence-electron chi connectivity index (χ1n) is 7.99. The van der Waals surface area contributed by atoms with E-state index < -0.39 is 17.9 Å². The van der Waals surface area contributed by atoms with Gasteiger partial charge in [-0.15, -0.1) is 11.8 Å². The zero-order valence-corrected chi connectivity index (χ0v) is 14.3. The van der Waals surface area contributed by atoms with Crippen molar-refractivity contribution in [1.29, 1.82) is 0 Å². The van der Waals surface area contributed by atoms with Gasteiger partial charge < -0.3 is 14.9 Å². The van der Waals surface area contributed by atoms with Gasteiger partial charge >= 0.3 is 5.97 Å². The summed E-state index contributed by atoms with van der Waals surface area (Å²) < 4.78 is 0. The smallest absolute Gasteiger partial charge is 0.326 e. The molecule has 128 valence electrons.